The van der Waals surface area contributed by atoms with Crippen LogP contribution in [-0.4, -0.2) is 27.3 Å². The molecule has 0 spiro atoms. The van der Waals surface area contributed by atoms with Gasteiger partial charge < -0.3 is 14.2 Å². The highest BCUT2D eigenvalue weighted by atomic mass is 16.5. The number of methoxy groups -OCH3 is 3. The maximum atomic E-state index is 11.4. The molecular formula is C11H14O4. The zero-order valence-electron chi connectivity index (χ0n) is 9.29. The van der Waals surface area contributed by atoms with Crippen molar-refractivity contribution in [3.8, 4) is 11.5 Å². The average molecular weight is 210 g/mol. The first kappa shape index (κ1) is 11.4. The molecule has 82 valence electrons. The summed E-state index contributed by atoms with van der Waals surface area (Å²) in [4.78, 5) is 11.4. The number of carbonyl (C=O) groups is 1. The van der Waals surface area contributed by atoms with E-state index in [-0.39, 0.29) is 0 Å². The Hall–Kier alpha value is -1.71. The van der Waals surface area contributed by atoms with Crippen LogP contribution in [0.3, 0.4) is 0 Å². The number of hydrogen-bond donors (Lipinski definition) is 0. The lowest BCUT2D eigenvalue weighted by Crippen LogP contribution is -2.05. The normalized spacial score (nSPS) is 9.60. The van der Waals surface area contributed by atoms with Gasteiger partial charge in [-0.05, 0) is 19.1 Å². The minimum Gasteiger partial charge on any atom is -0.496 e. The number of esters is 1. The summed E-state index contributed by atoms with van der Waals surface area (Å²) < 4.78 is 14.9. The van der Waals surface area contributed by atoms with E-state index in [1.807, 2.05) is 6.92 Å². The molecule has 0 saturated heterocycles. The van der Waals surface area contributed by atoms with Gasteiger partial charge in [-0.15, -0.1) is 0 Å². The Morgan fingerprint density at radius 1 is 1.13 bits per heavy atom. The summed E-state index contributed by atoms with van der Waals surface area (Å²) in [6.45, 7) is 1.82. The van der Waals surface area contributed by atoms with Crippen LogP contribution in [-0.2, 0) is 4.74 Å². The lowest BCUT2D eigenvalue weighted by molar-refractivity contribution is 0.0597. The van der Waals surface area contributed by atoms with Gasteiger partial charge >= 0.3 is 5.97 Å². The fraction of sp³-hybridized carbons (Fsp3) is 0.364. The van der Waals surface area contributed by atoms with Crippen LogP contribution in [0.25, 0.3) is 0 Å². The minimum atomic E-state index is -0.419. The van der Waals surface area contributed by atoms with E-state index in [9.17, 15) is 4.79 Å². The van der Waals surface area contributed by atoms with Crippen LogP contribution in [0.2, 0.25) is 0 Å². The predicted molar refractivity (Wildman–Crippen MR) is 55.6 cm³/mol. The van der Waals surface area contributed by atoms with Crippen LogP contribution in [0.4, 0.5) is 0 Å². The monoisotopic (exact) mass is 210 g/mol. The summed E-state index contributed by atoms with van der Waals surface area (Å²) in [7, 11) is 4.41. The molecule has 0 atom stereocenters. The van der Waals surface area contributed by atoms with Gasteiger partial charge in [-0.3, -0.25) is 0 Å². The summed E-state index contributed by atoms with van der Waals surface area (Å²) in [5.41, 5.74) is 1.18. The van der Waals surface area contributed by atoms with Crippen molar-refractivity contribution < 1.29 is 19.0 Å². The number of ether oxygens (including phenoxy) is 3. The van der Waals surface area contributed by atoms with Crippen LogP contribution in [0.15, 0.2) is 12.1 Å². The molecular weight excluding hydrogens is 196 g/mol. The first-order chi connectivity index (χ1) is 7.15. The SMILES string of the molecule is COC(=O)c1ccc(OC)c(C)c1OC. The van der Waals surface area contributed by atoms with Crippen molar-refractivity contribution in [1.29, 1.82) is 0 Å². The van der Waals surface area contributed by atoms with E-state index in [1.54, 1.807) is 19.2 Å². The number of benzene rings is 1. The Morgan fingerprint density at radius 2 is 1.80 bits per heavy atom. The molecule has 0 aliphatic heterocycles. The van der Waals surface area contributed by atoms with E-state index in [1.165, 1.54) is 14.2 Å². The van der Waals surface area contributed by atoms with Crippen molar-refractivity contribution in [2.24, 2.45) is 0 Å². The molecule has 15 heavy (non-hydrogen) atoms. The van der Waals surface area contributed by atoms with E-state index in [0.717, 1.165) is 5.56 Å². The molecule has 0 bridgehead atoms. The van der Waals surface area contributed by atoms with Crippen molar-refractivity contribution in [1.82, 2.24) is 0 Å². The van der Waals surface area contributed by atoms with E-state index in [0.29, 0.717) is 17.1 Å². The van der Waals surface area contributed by atoms with Crippen molar-refractivity contribution in [3.63, 3.8) is 0 Å². The number of rotatable bonds is 3. The first-order valence-electron chi connectivity index (χ1n) is 4.45. The standard InChI is InChI=1S/C11H14O4/c1-7-9(13-2)6-5-8(10(7)14-3)11(12)15-4/h5-6H,1-4H3. The van der Waals surface area contributed by atoms with Crippen molar-refractivity contribution in [3.05, 3.63) is 23.3 Å². The zero-order valence-corrected chi connectivity index (χ0v) is 9.29. The average Bonchev–Trinajstić information content (AvgIpc) is 2.27. The van der Waals surface area contributed by atoms with Gasteiger partial charge in [0.25, 0.3) is 0 Å². The predicted octanol–water partition coefficient (Wildman–Crippen LogP) is 1.80. The second kappa shape index (κ2) is 4.68. The molecule has 4 nitrogen and oxygen atoms in total. The molecule has 1 aromatic carbocycles. The summed E-state index contributed by atoms with van der Waals surface area (Å²) in [6, 6.07) is 3.33. The van der Waals surface area contributed by atoms with Crippen molar-refractivity contribution in [2.45, 2.75) is 6.92 Å². The molecule has 0 aliphatic carbocycles. The van der Waals surface area contributed by atoms with Crippen molar-refractivity contribution in [2.75, 3.05) is 21.3 Å². The van der Waals surface area contributed by atoms with Crippen molar-refractivity contribution >= 4 is 5.97 Å². The quantitative estimate of drug-likeness (QED) is 0.713. The fourth-order valence-corrected chi connectivity index (χ4v) is 1.43. The molecule has 0 radical (unpaired) electrons. The van der Waals surface area contributed by atoms with Gasteiger partial charge in [-0.1, -0.05) is 0 Å². The highest BCUT2D eigenvalue weighted by Crippen LogP contribution is 2.31. The third-order valence-electron chi connectivity index (χ3n) is 2.19. The highest BCUT2D eigenvalue weighted by Gasteiger charge is 2.17. The molecule has 0 unspecified atom stereocenters. The van der Waals surface area contributed by atoms with Gasteiger partial charge in [0.15, 0.2) is 0 Å². The first-order valence-corrected chi connectivity index (χ1v) is 4.45. The molecule has 1 aromatic rings. The van der Waals surface area contributed by atoms with Crippen LogP contribution in [0, 0.1) is 6.92 Å². The van der Waals surface area contributed by atoms with Gasteiger partial charge in [0.05, 0.1) is 21.3 Å². The summed E-state index contributed by atoms with van der Waals surface area (Å²) >= 11 is 0. The van der Waals surface area contributed by atoms with Crippen LogP contribution < -0.4 is 9.47 Å². The summed E-state index contributed by atoms with van der Waals surface area (Å²) in [5, 5.41) is 0. The van der Waals surface area contributed by atoms with Crippen LogP contribution in [0.1, 0.15) is 15.9 Å². The Labute approximate surface area is 88.8 Å². The molecule has 0 aromatic heterocycles. The van der Waals surface area contributed by atoms with Gasteiger partial charge in [-0.2, -0.15) is 0 Å². The molecule has 1 rings (SSSR count). The number of carbonyl (C=O) groups excluding carboxylic acids is 1. The maximum absolute atomic E-state index is 11.4. The largest absolute Gasteiger partial charge is 0.496 e. The Balaban J connectivity index is 3.30. The molecule has 0 saturated carbocycles. The van der Waals surface area contributed by atoms with E-state index in [4.69, 9.17) is 9.47 Å². The second-order valence-corrected chi connectivity index (χ2v) is 2.97. The molecule has 0 fully saturated rings. The Bertz CT molecular complexity index is 371. The minimum absolute atomic E-state index is 0.401. The van der Waals surface area contributed by atoms with Gasteiger partial charge in [0.1, 0.15) is 17.1 Å². The van der Waals surface area contributed by atoms with Gasteiger partial charge in [0.2, 0.25) is 0 Å². The fourth-order valence-electron chi connectivity index (χ4n) is 1.43. The lowest BCUT2D eigenvalue weighted by Gasteiger charge is -2.12. The van der Waals surface area contributed by atoms with E-state index in [2.05, 4.69) is 4.74 Å². The second-order valence-electron chi connectivity index (χ2n) is 2.97. The van der Waals surface area contributed by atoms with Crippen LogP contribution in [0.5, 0.6) is 11.5 Å². The molecule has 0 aliphatic rings. The zero-order chi connectivity index (χ0) is 11.4. The van der Waals surface area contributed by atoms with Gasteiger partial charge in [-0.25, -0.2) is 4.79 Å². The lowest BCUT2D eigenvalue weighted by atomic mass is 10.1. The molecule has 0 heterocycles. The Kier molecular flexibility index (Phi) is 3.55. The van der Waals surface area contributed by atoms with Crippen LogP contribution >= 0.6 is 0 Å². The van der Waals surface area contributed by atoms with E-state index < -0.39 is 5.97 Å². The Morgan fingerprint density at radius 3 is 2.27 bits per heavy atom. The highest BCUT2D eigenvalue weighted by molar-refractivity contribution is 5.93. The third kappa shape index (κ3) is 2.03. The molecule has 0 N–H and O–H groups in total. The molecule has 0 amide bonds. The van der Waals surface area contributed by atoms with E-state index >= 15 is 0 Å². The van der Waals surface area contributed by atoms with Gasteiger partial charge in [0, 0.05) is 5.56 Å². The summed E-state index contributed by atoms with van der Waals surface area (Å²) in [5.74, 6) is 0.748. The smallest absolute Gasteiger partial charge is 0.341 e. The maximum Gasteiger partial charge on any atom is 0.341 e. The molecule has 4 heteroatoms. The number of hydrogen-bond acceptors (Lipinski definition) is 4. The summed E-state index contributed by atoms with van der Waals surface area (Å²) in [6.07, 6.45) is 0. The third-order valence-corrected chi connectivity index (χ3v) is 2.19. The topological polar surface area (TPSA) is 44.8 Å².